The molecule has 1 saturated heterocycles. The summed E-state index contributed by atoms with van der Waals surface area (Å²) in [5.74, 6) is -0.217. The summed E-state index contributed by atoms with van der Waals surface area (Å²) in [5.41, 5.74) is 1.58. The van der Waals surface area contributed by atoms with Gasteiger partial charge in [-0.05, 0) is 55.8 Å². The number of benzene rings is 2. The average Bonchev–Trinajstić information content (AvgIpc) is 2.74. The van der Waals surface area contributed by atoms with Crippen LogP contribution in [0.3, 0.4) is 0 Å². The van der Waals surface area contributed by atoms with Crippen LogP contribution in [0.2, 0.25) is 5.02 Å². The third kappa shape index (κ3) is 5.44. The molecular formula is C21H27ClN4O3S. The second kappa shape index (κ2) is 9.68. The van der Waals surface area contributed by atoms with E-state index in [1.54, 1.807) is 18.2 Å². The summed E-state index contributed by atoms with van der Waals surface area (Å²) in [6.07, 6.45) is 0.803. The first kappa shape index (κ1) is 22.4. The van der Waals surface area contributed by atoms with Crippen molar-refractivity contribution in [2.75, 3.05) is 35.8 Å². The number of anilines is 2. The fourth-order valence-corrected chi connectivity index (χ4v) is 4.37. The van der Waals surface area contributed by atoms with E-state index in [2.05, 4.69) is 20.3 Å². The van der Waals surface area contributed by atoms with Crippen LogP contribution in [-0.2, 0) is 10.0 Å². The molecule has 0 aromatic heterocycles. The van der Waals surface area contributed by atoms with Crippen molar-refractivity contribution in [1.82, 2.24) is 10.6 Å². The van der Waals surface area contributed by atoms with Crippen LogP contribution in [-0.4, -0.2) is 46.5 Å². The molecular weight excluding hydrogens is 424 g/mol. The Morgan fingerprint density at radius 1 is 1.17 bits per heavy atom. The lowest BCUT2D eigenvalue weighted by Crippen LogP contribution is -2.44. The quantitative estimate of drug-likeness (QED) is 0.603. The van der Waals surface area contributed by atoms with Crippen molar-refractivity contribution in [3.05, 3.63) is 53.1 Å². The Bertz CT molecular complexity index is 990. The van der Waals surface area contributed by atoms with Crippen LogP contribution in [0.15, 0.2) is 47.4 Å². The molecule has 1 atom stereocenters. The predicted octanol–water partition coefficient (Wildman–Crippen LogP) is 3.08. The van der Waals surface area contributed by atoms with Crippen molar-refractivity contribution in [3.8, 4) is 0 Å². The van der Waals surface area contributed by atoms with Crippen LogP contribution in [0.5, 0.6) is 0 Å². The van der Waals surface area contributed by atoms with Gasteiger partial charge >= 0.3 is 0 Å². The van der Waals surface area contributed by atoms with Crippen LogP contribution in [0.25, 0.3) is 0 Å². The van der Waals surface area contributed by atoms with Crippen LogP contribution in [0.1, 0.15) is 30.6 Å². The molecule has 1 aliphatic rings. The highest BCUT2D eigenvalue weighted by Crippen LogP contribution is 2.27. The molecule has 3 rings (SSSR count). The lowest BCUT2D eigenvalue weighted by atomic mass is 10.1. The van der Waals surface area contributed by atoms with Crippen molar-refractivity contribution in [2.45, 2.75) is 31.2 Å². The van der Waals surface area contributed by atoms with E-state index in [-0.39, 0.29) is 16.8 Å². The normalized spacial score (nSPS) is 15.5. The van der Waals surface area contributed by atoms with Crippen LogP contribution in [0, 0.1) is 0 Å². The minimum absolute atomic E-state index is 0.0165. The fourth-order valence-electron chi connectivity index (χ4n) is 3.19. The highest BCUT2D eigenvalue weighted by Gasteiger charge is 2.21. The summed E-state index contributed by atoms with van der Waals surface area (Å²) in [6.45, 7) is 7.15. The van der Waals surface area contributed by atoms with Gasteiger partial charge in [-0.1, -0.05) is 18.5 Å². The lowest BCUT2D eigenvalue weighted by molar-refractivity contribution is 0.0939. The molecule has 162 valence electrons. The number of hydrogen-bond donors (Lipinski definition) is 3. The molecule has 0 saturated carbocycles. The summed E-state index contributed by atoms with van der Waals surface area (Å²) in [5, 5.41) is 6.73. The van der Waals surface area contributed by atoms with Crippen molar-refractivity contribution in [2.24, 2.45) is 0 Å². The molecule has 1 amide bonds. The monoisotopic (exact) mass is 450 g/mol. The van der Waals surface area contributed by atoms with Crippen molar-refractivity contribution in [1.29, 1.82) is 0 Å². The van der Waals surface area contributed by atoms with Crippen molar-refractivity contribution in [3.63, 3.8) is 0 Å². The SMILES string of the molecule is CCC(C)NC(=O)c1cc(NS(=O)(=O)c2ccc(Cl)cc2)ccc1N1CCNCC1. The van der Waals surface area contributed by atoms with Crippen molar-refractivity contribution < 1.29 is 13.2 Å². The molecule has 2 aromatic carbocycles. The van der Waals surface area contributed by atoms with Crippen LogP contribution in [0.4, 0.5) is 11.4 Å². The van der Waals surface area contributed by atoms with Gasteiger partial charge in [0.05, 0.1) is 10.5 Å². The molecule has 0 radical (unpaired) electrons. The standard InChI is InChI=1S/C21H27ClN4O3S/c1-3-15(2)24-21(27)19-14-17(6-9-20(19)26-12-10-23-11-13-26)25-30(28,29)18-7-4-16(22)5-8-18/h4-9,14-15,23,25H,3,10-13H2,1-2H3,(H,24,27). The zero-order valence-electron chi connectivity index (χ0n) is 17.1. The third-order valence-electron chi connectivity index (χ3n) is 5.06. The number of halogens is 1. The zero-order valence-corrected chi connectivity index (χ0v) is 18.7. The van der Waals surface area contributed by atoms with E-state index in [0.29, 0.717) is 16.3 Å². The largest absolute Gasteiger partial charge is 0.368 e. The second-order valence-electron chi connectivity index (χ2n) is 7.31. The van der Waals surface area contributed by atoms with E-state index in [1.165, 1.54) is 24.3 Å². The maximum absolute atomic E-state index is 13.0. The zero-order chi connectivity index (χ0) is 21.7. The minimum atomic E-state index is -3.80. The molecule has 1 aliphatic heterocycles. The second-order valence-corrected chi connectivity index (χ2v) is 9.43. The van der Waals surface area contributed by atoms with Gasteiger partial charge in [0.1, 0.15) is 0 Å². The molecule has 1 unspecified atom stereocenters. The summed E-state index contributed by atoms with van der Waals surface area (Å²) in [7, 11) is -3.80. The molecule has 9 heteroatoms. The van der Waals surface area contributed by atoms with Crippen molar-refractivity contribution >= 4 is 38.9 Å². The maximum Gasteiger partial charge on any atom is 0.261 e. The van der Waals surface area contributed by atoms with Gasteiger partial charge in [-0.25, -0.2) is 8.42 Å². The Morgan fingerprint density at radius 2 is 1.83 bits per heavy atom. The van der Waals surface area contributed by atoms with Gasteiger partial charge in [-0.3, -0.25) is 9.52 Å². The van der Waals surface area contributed by atoms with Gasteiger partial charge in [-0.15, -0.1) is 0 Å². The van der Waals surface area contributed by atoms with Gasteiger partial charge in [0.25, 0.3) is 15.9 Å². The van der Waals surface area contributed by atoms with E-state index >= 15 is 0 Å². The molecule has 0 aliphatic carbocycles. The number of nitrogens with one attached hydrogen (secondary N) is 3. The third-order valence-corrected chi connectivity index (χ3v) is 6.71. The fraction of sp³-hybridized carbons (Fsp3) is 0.381. The van der Waals surface area contributed by atoms with Gasteiger partial charge in [0.2, 0.25) is 0 Å². The first-order valence-electron chi connectivity index (χ1n) is 9.99. The Labute approximate surface area is 182 Å². The topological polar surface area (TPSA) is 90.5 Å². The van der Waals surface area contributed by atoms with E-state index in [9.17, 15) is 13.2 Å². The molecule has 3 N–H and O–H groups in total. The Balaban J connectivity index is 1.92. The number of carbonyl (C=O) groups is 1. The molecule has 0 spiro atoms. The predicted molar refractivity (Wildman–Crippen MR) is 121 cm³/mol. The molecule has 2 aromatic rings. The number of sulfonamides is 1. The van der Waals surface area contributed by atoms with Gasteiger partial charge in [0, 0.05) is 48.6 Å². The number of hydrogen-bond acceptors (Lipinski definition) is 5. The van der Waals surface area contributed by atoms with Gasteiger partial charge in [0.15, 0.2) is 0 Å². The minimum Gasteiger partial charge on any atom is -0.368 e. The summed E-state index contributed by atoms with van der Waals surface area (Å²) >= 11 is 5.85. The van der Waals surface area contributed by atoms with E-state index < -0.39 is 10.0 Å². The van der Waals surface area contributed by atoms with Gasteiger partial charge in [-0.2, -0.15) is 0 Å². The van der Waals surface area contributed by atoms with Gasteiger partial charge < -0.3 is 15.5 Å². The maximum atomic E-state index is 13.0. The molecule has 30 heavy (non-hydrogen) atoms. The Kier molecular flexibility index (Phi) is 7.23. The first-order valence-corrected chi connectivity index (χ1v) is 11.8. The number of amides is 1. The smallest absolute Gasteiger partial charge is 0.261 e. The summed E-state index contributed by atoms with van der Waals surface area (Å²) in [6, 6.07) is 11.0. The first-order chi connectivity index (χ1) is 14.3. The average molecular weight is 451 g/mol. The van der Waals surface area contributed by atoms with E-state index in [4.69, 9.17) is 11.6 Å². The lowest BCUT2D eigenvalue weighted by Gasteiger charge is -2.31. The summed E-state index contributed by atoms with van der Waals surface area (Å²) < 4.78 is 28.0. The molecule has 1 fully saturated rings. The highest BCUT2D eigenvalue weighted by molar-refractivity contribution is 7.92. The van der Waals surface area contributed by atoms with E-state index in [0.717, 1.165) is 38.3 Å². The number of carbonyl (C=O) groups excluding carboxylic acids is 1. The van der Waals surface area contributed by atoms with Crippen LogP contribution < -0.4 is 20.3 Å². The Morgan fingerprint density at radius 3 is 2.47 bits per heavy atom. The molecule has 1 heterocycles. The number of piperazine rings is 1. The number of nitrogens with zero attached hydrogens (tertiary/aromatic N) is 1. The number of rotatable bonds is 7. The molecule has 0 bridgehead atoms. The Hall–Kier alpha value is -2.29. The van der Waals surface area contributed by atoms with E-state index in [1.807, 2.05) is 13.8 Å². The highest BCUT2D eigenvalue weighted by atomic mass is 35.5. The molecule has 7 nitrogen and oxygen atoms in total. The summed E-state index contributed by atoms with van der Waals surface area (Å²) in [4.78, 5) is 15.2. The van der Waals surface area contributed by atoms with Crippen LogP contribution >= 0.6 is 11.6 Å².